The van der Waals surface area contributed by atoms with E-state index in [-0.39, 0.29) is 23.7 Å². The lowest BCUT2D eigenvalue weighted by Crippen LogP contribution is -2.41. The summed E-state index contributed by atoms with van der Waals surface area (Å²) >= 11 is 0. The van der Waals surface area contributed by atoms with E-state index in [0.717, 1.165) is 31.3 Å². The highest BCUT2D eigenvalue weighted by atomic mass is 16.5. The molecule has 0 bridgehead atoms. The number of carbonyl (C=O) groups is 1. The topological polar surface area (TPSA) is 65.0 Å². The highest BCUT2D eigenvalue weighted by Crippen LogP contribution is 2.35. The van der Waals surface area contributed by atoms with Gasteiger partial charge in [-0.1, -0.05) is 37.5 Å². The summed E-state index contributed by atoms with van der Waals surface area (Å²) in [6.07, 6.45) is 8.99. The van der Waals surface area contributed by atoms with E-state index in [1.165, 1.54) is 13.2 Å². The van der Waals surface area contributed by atoms with Crippen LogP contribution in [0.15, 0.2) is 23.8 Å². The van der Waals surface area contributed by atoms with Crippen molar-refractivity contribution in [2.45, 2.75) is 38.7 Å². The number of methoxy groups -OCH3 is 3. The number of ether oxygens (including phenoxy) is 3. The van der Waals surface area contributed by atoms with Crippen LogP contribution in [0.5, 0.6) is 0 Å². The molecule has 0 radical (unpaired) electrons. The second-order valence-corrected chi connectivity index (χ2v) is 6.34. The highest BCUT2D eigenvalue weighted by molar-refractivity contribution is 5.82. The molecule has 0 aromatic rings. The molecule has 5 nitrogen and oxygen atoms in total. The Labute approximate surface area is 145 Å². The standard InChI is InChI=1S/C19H32O5/c1-5-6-7-8-14(11-18(20)24-4)16-10-9-15(12-22-2)17(13-23-3)19(16)21/h9-11,15-17,19,21H,5-8,12-13H2,1-4H3/b14-11+/t15-,16+,17+,19-/m1/s1. The lowest BCUT2D eigenvalue weighted by Gasteiger charge is -2.37. The highest BCUT2D eigenvalue weighted by Gasteiger charge is 2.36. The van der Waals surface area contributed by atoms with E-state index in [2.05, 4.69) is 13.0 Å². The van der Waals surface area contributed by atoms with Crippen LogP contribution >= 0.6 is 0 Å². The average molecular weight is 340 g/mol. The molecule has 5 heteroatoms. The zero-order valence-electron chi connectivity index (χ0n) is 15.4. The number of unbranched alkanes of at least 4 members (excludes halogenated alkanes) is 2. The Morgan fingerprint density at radius 3 is 2.42 bits per heavy atom. The summed E-state index contributed by atoms with van der Waals surface area (Å²) in [5.41, 5.74) is 0.927. The monoisotopic (exact) mass is 340 g/mol. The van der Waals surface area contributed by atoms with Gasteiger partial charge in [0.1, 0.15) is 0 Å². The number of esters is 1. The van der Waals surface area contributed by atoms with Crippen molar-refractivity contribution in [3.63, 3.8) is 0 Å². The molecule has 24 heavy (non-hydrogen) atoms. The first-order valence-corrected chi connectivity index (χ1v) is 8.71. The van der Waals surface area contributed by atoms with E-state index in [1.807, 2.05) is 6.08 Å². The van der Waals surface area contributed by atoms with E-state index < -0.39 is 6.10 Å². The zero-order valence-corrected chi connectivity index (χ0v) is 15.4. The molecular formula is C19H32O5. The van der Waals surface area contributed by atoms with Gasteiger partial charge in [-0.05, 0) is 12.8 Å². The molecular weight excluding hydrogens is 308 g/mol. The van der Waals surface area contributed by atoms with E-state index in [4.69, 9.17) is 14.2 Å². The Bertz CT molecular complexity index is 429. The van der Waals surface area contributed by atoms with E-state index in [1.54, 1.807) is 14.2 Å². The molecule has 1 aliphatic rings. The molecule has 1 aliphatic carbocycles. The fourth-order valence-electron chi connectivity index (χ4n) is 3.29. The Balaban J connectivity index is 3.00. The largest absolute Gasteiger partial charge is 0.466 e. The quantitative estimate of drug-likeness (QED) is 0.287. The van der Waals surface area contributed by atoms with E-state index in [0.29, 0.717) is 13.2 Å². The van der Waals surface area contributed by atoms with Crippen LogP contribution in [0.2, 0.25) is 0 Å². The van der Waals surface area contributed by atoms with Crippen LogP contribution in [0, 0.1) is 17.8 Å². The van der Waals surface area contributed by atoms with Gasteiger partial charge in [0.2, 0.25) is 0 Å². The lowest BCUT2D eigenvalue weighted by molar-refractivity contribution is -0.134. The Morgan fingerprint density at radius 2 is 1.83 bits per heavy atom. The zero-order chi connectivity index (χ0) is 17.9. The molecule has 1 rings (SSSR count). The Kier molecular flexibility index (Phi) is 9.91. The maximum absolute atomic E-state index is 11.7. The molecule has 1 N–H and O–H groups in total. The van der Waals surface area contributed by atoms with Gasteiger partial charge in [-0.25, -0.2) is 4.79 Å². The predicted octanol–water partition coefficient (Wildman–Crippen LogP) is 2.74. The van der Waals surface area contributed by atoms with Crippen LogP contribution in [0.1, 0.15) is 32.6 Å². The van der Waals surface area contributed by atoms with Crippen molar-refractivity contribution in [3.05, 3.63) is 23.8 Å². The first kappa shape index (κ1) is 20.9. The molecule has 138 valence electrons. The van der Waals surface area contributed by atoms with Gasteiger partial charge in [-0.15, -0.1) is 0 Å². The van der Waals surface area contributed by atoms with Crippen molar-refractivity contribution in [2.24, 2.45) is 17.8 Å². The summed E-state index contributed by atoms with van der Waals surface area (Å²) < 4.78 is 15.3. The molecule has 0 saturated carbocycles. The van der Waals surface area contributed by atoms with Crippen molar-refractivity contribution in [2.75, 3.05) is 34.5 Å². The average Bonchev–Trinajstić information content (AvgIpc) is 2.57. The number of aliphatic hydroxyl groups is 1. The minimum absolute atomic E-state index is 0.0582. The van der Waals surface area contributed by atoms with Gasteiger partial charge in [0.15, 0.2) is 0 Å². The van der Waals surface area contributed by atoms with Crippen LogP contribution in [0.25, 0.3) is 0 Å². The van der Waals surface area contributed by atoms with Crippen molar-refractivity contribution in [3.8, 4) is 0 Å². The number of rotatable bonds is 10. The summed E-state index contributed by atoms with van der Waals surface area (Å²) in [7, 11) is 4.66. The molecule has 0 aliphatic heterocycles. The van der Waals surface area contributed by atoms with E-state index >= 15 is 0 Å². The first-order valence-electron chi connectivity index (χ1n) is 8.71. The Hall–Kier alpha value is -1.17. The third-order valence-electron chi connectivity index (χ3n) is 4.64. The fourth-order valence-corrected chi connectivity index (χ4v) is 3.29. The second kappa shape index (κ2) is 11.4. The third-order valence-corrected chi connectivity index (χ3v) is 4.64. The number of aliphatic hydroxyl groups excluding tert-OH is 1. The van der Waals surface area contributed by atoms with Crippen molar-refractivity contribution < 1.29 is 24.1 Å². The van der Waals surface area contributed by atoms with Crippen molar-refractivity contribution >= 4 is 5.97 Å². The molecule has 0 fully saturated rings. The number of hydrogen-bond acceptors (Lipinski definition) is 5. The molecule has 0 unspecified atom stereocenters. The minimum atomic E-state index is -0.604. The summed E-state index contributed by atoms with van der Waals surface area (Å²) in [6, 6.07) is 0. The summed E-state index contributed by atoms with van der Waals surface area (Å²) in [6.45, 7) is 3.14. The predicted molar refractivity (Wildman–Crippen MR) is 93.6 cm³/mol. The molecule has 0 aromatic heterocycles. The lowest BCUT2D eigenvalue weighted by atomic mass is 9.73. The fraction of sp³-hybridized carbons (Fsp3) is 0.737. The third kappa shape index (κ3) is 6.04. The molecule has 0 spiro atoms. The van der Waals surface area contributed by atoms with Gasteiger partial charge in [-0.3, -0.25) is 0 Å². The van der Waals surface area contributed by atoms with Gasteiger partial charge in [0.25, 0.3) is 0 Å². The summed E-state index contributed by atoms with van der Waals surface area (Å²) in [5, 5.41) is 10.9. The van der Waals surface area contributed by atoms with Crippen molar-refractivity contribution in [1.82, 2.24) is 0 Å². The van der Waals surface area contributed by atoms with Gasteiger partial charge in [-0.2, -0.15) is 0 Å². The molecule has 0 saturated heterocycles. The van der Waals surface area contributed by atoms with Crippen LogP contribution in [0.3, 0.4) is 0 Å². The van der Waals surface area contributed by atoms with Gasteiger partial charge in [0.05, 0.1) is 26.4 Å². The van der Waals surface area contributed by atoms with Crippen LogP contribution in [-0.4, -0.2) is 51.7 Å². The number of hydrogen-bond donors (Lipinski definition) is 1. The first-order chi connectivity index (χ1) is 11.6. The smallest absolute Gasteiger partial charge is 0.330 e. The van der Waals surface area contributed by atoms with Crippen LogP contribution in [-0.2, 0) is 19.0 Å². The maximum atomic E-state index is 11.7. The van der Waals surface area contributed by atoms with E-state index in [9.17, 15) is 9.90 Å². The SMILES string of the molecule is CCCCC/C(=C\C(=O)OC)[C@@H]1C=C[C@H](COC)[C@H](COC)[C@@H]1O. The van der Waals surface area contributed by atoms with Gasteiger partial charge < -0.3 is 19.3 Å². The maximum Gasteiger partial charge on any atom is 0.330 e. The minimum Gasteiger partial charge on any atom is -0.466 e. The molecule has 4 atom stereocenters. The van der Waals surface area contributed by atoms with Crippen LogP contribution in [0.4, 0.5) is 0 Å². The molecule has 0 heterocycles. The Morgan fingerprint density at radius 1 is 1.12 bits per heavy atom. The number of carbonyl (C=O) groups excluding carboxylic acids is 1. The van der Waals surface area contributed by atoms with Crippen molar-refractivity contribution in [1.29, 1.82) is 0 Å². The summed E-state index contributed by atoms with van der Waals surface area (Å²) in [5.74, 6) is -0.507. The van der Waals surface area contributed by atoms with Gasteiger partial charge in [0, 0.05) is 38.0 Å². The summed E-state index contributed by atoms with van der Waals surface area (Å²) in [4.78, 5) is 11.7. The molecule has 0 amide bonds. The van der Waals surface area contributed by atoms with Crippen LogP contribution < -0.4 is 0 Å². The molecule has 0 aromatic carbocycles. The second-order valence-electron chi connectivity index (χ2n) is 6.34. The normalized spacial score (nSPS) is 27.3. The van der Waals surface area contributed by atoms with Gasteiger partial charge >= 0.3 is 5.97 Å².